The van der Waals surface area contributed by atoms with E-state index in [9.17, 15) is 19.8 Å². The van der Waals surface area contributed by atoms with Gasteiger partial charge in [-0.15, -0.1) is 0 Å². The third-order valence-corrected chi connectivity index (χ3v) is 3.03. The second kappa shape index (κ2) is 8.35. The fourth-order valence-electron chi connectivity index (χ4n) is 2.01. The average molecular weight is 312 g/mol. The molecular formula is C15H20O7. The first kappa shape index (κ1) is 17.9. The summed E-state index contributed by atoms with van der Waals surface area (Å²) < 4.78 is 9.76. The number of carboxylic acids is 1. The number of benzene rings is 1. The zero-order valence-corrected chi connectivity index (χ0v) is 12.5. The van der Waals surface area contributed by atoms with Gasteiger partial charge in [-0.2, -0.15) is 0 Å². The predicted molar refractivity (Wildman–Crippen MR) is 76.6 cm³/mol. The van der Waals surface area contributed by atoms with E-state index in [1.54, 1.807) is 6.92 Å². The smallest absolute Gasteiger partial charge is 0.308 e. The summed E-state index contributed by atoms with van der Waals surface area (Å²) in [7, 11) is 1.41. The standard InChI is InChI=1S/C15H20O7/c1-3-22-14(19)8-11(16)15(20)9-4-5-12(21-2)10(6-9)7-13(17)18/h4-6,11,15-16,20H,3,7-8H2,1-2H3,(H,17,18). The second-order valence-corrected chi connectivity index (χ2v) is 4.66. The van der Waals surface area contributed by atoms with Crippen LogP contribution in [-0.2, 0) is 20.7 Å². The number of methoxy groups -OCH3 is 1. The number of aliphatic carboxylic acids is 1. The number of hydrogen-bond donors (Lipinski definition) is 3. The molecule has 1 aromatic rings. The summed E-state index contributed by atoms with van der Waals surface area (Å²) in [5.74, 6) is -1.29. The van der Waals surface area contributed by atoms with Crippen molar-refractivity contribution in [3.8, 4) is 5.75 Å². The number of hydrogen-bond acceptors (Lipinski definition) is 6. The molecule has 2 unspecified atom stereocenters. The topological polar surface area (TPSA) is 113 Å². The summed E-state index contributed by atoms with van der Waals surface area (Å²) in [4.78, 5) is 22.2. The predicted octanol–water partition coefficient (Wildman–Crippen LogP) is 0.670. The van der Waals surface area contributed by atoms with Crippen LogP contribution in [-0.4, -0.2) is 47.1 Å². The number of aliphatic hydroxyl groups is 2. The van der Waals surface area contributed by atoms with Gasteiger partial charge < -0.3 is 24.8 Å². The molecule has 7 nitrogen and oxygen atoms in total. The Morgan fingerprint density at radius 3 is 2.50 bits per heavy atom. The van der Waals surface area contributed by atoms with E-state index in [0.717, 1.165) is 0 Å². The van der Waals surface area contributed by atoms with Crippen LogP contribution in [0.25, 0.3) is 0 Å². The number of aliphatic hydroxyl groups excluding tert-OH is 2. The van der Waals surface area contributed by atoms with Crippen molar-refractivity contribution in [3.63, 3.8) is 0 Å². The van der Waals surface area contributed by atoms with E-state index in [4.69, 9.17) is 14.6 Å². The molecule has 0 saturated heterocycles. The Bertz CT molecular complexity index is 527. The molecule has 0 aliphatic heterocycles. The first-order chi connectivity index (χ1) is 10.4. The van der Waals surface area contributed by atoms with Crippen molar-refractivity contribution >= 4 is 11.9 Å². The van der Waals surface area contributed by atoms with Crippen LogP contribution >= 0.6 is 0 Å². The highest BCUT2D eigenvalue weighted by Gasteiger charge is 2.23. The summed E-state index contributed by atoms with van der Waals surface area (Å²) in [5.41, 5.74) is 0.670. The Morgan fingerprint density at radius 2 is 1.95 bits per heavy atom. The third kappa shape index (κ3) is 5.01. The maximum absolute atomic E-state index is 11.3. The van der Waals surface area contributed by atoms with E-state index in [-0.39, 0.29) is 19.4 Å². The Balaban J connectivity index is 2.90. The largest absolute Gasteiger partial charge is 0.496 e. The van der Waals surface area contributed by atoms with Gasteiger partial charge in [0.2, 0.25) is 0 Å². The van der Waals surface area contributed by atoms with Gasteiger partial charge in [-0.3, -0.25) is 9.59 Å². The zero-order valence-electron chi connectivity index (χ0n) is 12.5. The lowest BCUT2D eigenvalue weighted by atomic mass is 9.98. The van der Waals surface area contributed by atoms with Gasteiger partial charge in [0.25, 0.3) is 0 Å². The molecule has 0 heterocycles. The number of esters is 1. The summed E-state index contributed by atoms with van der Waals surface area (Å²) >= 11 is 0. The zero-order chi connectivity index (χ0) is 16.7. The van der Waals surface area contributed by atoms with E-state index in [1.165, 1.54) is 25.3 Å². The van der Waals surface area contributed by atoms with Crippen LogP contribution in [0.15, 0.2) is 18.2 Å². The number of carbonyl (C=O) groups excluding carboxylic acids is 1. The molecule has 2 atom stereocenters. The van der Waals surface area contributed by atoms with E-state index >= 15 is 0 Å². The lowest BCUT2D eigenvalue weighted by molar-refractivity contribution is -0.147. The van der Waals surface area contributed by atoms with Crippen molar-refractivity contribution in [2.24, 2.45) is 0 Å². The third-order valence-electron chi connectivity index (χ3n) is 3.03. The van der Waals surface area contributed by atoms with Crippen LogP contribution in [0.4, 0.5) is 0 Å². The van der Waals surface area contributed by atoms with Gasteiger partial charge in [-0.05, 0) is 24.6 Å². The highest BCUT2D eigenvalue weighted by atomic mass is 16.5. The second-order valence-electron chi connectivity index (χ2n) is 4.66. The van der Waals surface area contributed by atoms with Crippen LogP contribution in [0.1, 0.15) is 30.6 Å². The minimum absolute atomic E-state index is 0.187. The van der Waals surface area contributed by atoms with Gasteiger partial charge in [0.05, 0.1) is 32.7 Å². The highest BCUT2D eigenvalue weighted by molar-refractivity contribution is 5.71. The van der Waals surface area contributed by atoms with Crippen molar-refractivity contribution in [1.82, 2.24) is 0 Å². The van der Waals surface area contributed by atoms with E-state index < -0.39 is 24.1 Å². The van der Waals surface area contributed by atoms with Crippen molar-refractivity contribution in [3.05, 3.63) is 29.3 Å². The van der Waals surface area contributed by atoms with Gasteiger partial charge >= 0.3 is 11.9 Å². The summed E-state index contributed by atoms with van der Waals surface area (Å²) in [6.45, 7) is 1.83. The number of carbonyl (C=O) groups is 2. The van der Waals surface area contributed by atoms with Crippen LogP contribution < -0.4 is 4.74 Å². The summed E-state index contributed by atoms with van der Waals surface area (Å²) in [5, 5.41) is 28.8. The van der Waals surface area contributed by atoms with Gasteiger partial charge in [-0.1, -0.05) is 6.07 Å². The van der Waals surface area contributed by atoms with Crippen LogP contribution in [0.5, 0.6) is 5.75 Å². The molecule has 3 N–H and O–H groups in total. The van der Waals surface area contributed by atoms with Crippen molar-refractivity contribution in [1.29, 1.82) is 0 Å². The maximum Gasteiger partial charge on any atom is 0.308 e. The van der Waals surface area contributed by atoms with E-state index in [2.05, 4.69) is 0 Å². The first-order valence-electron chi connectivity index (χ1n) is 6.79. The molecule has 0 saturated carbocycles. The molecule has 0 aliphatic rings. The number of rotatable bonds is 8. The lowest BCUT2D eigenvalue weighted by Crippen LogP contribution is -2.23. The van der Waals surface area contributed by atoms with Gasteiger partial charge in [0, 0.05) is 5.56 Å². The summed E-state index contributed by atoms with van der Waals surface area (Å²) in [6.07, 6.45) is -3.31. The monoisotopic (exact) mass is 312 g/mol. The molecule has 0 aliphatic carbocycles. The van der Waals surface area contributed by atoms with Crippen molar-refractivity contribution in [2.75, 3.05) is 13.7 Å². The van der Waals surface area contributed by atoms with Crippen LogP contribution in [0, 0.1) is 0 Å². The lowest BCUT2D eigenvalue weighted by Gasteiger charge is -2.19. The van der Waals surface area contributed by atoms with Gasteiger partial charge in [-0.25, -0.2) is 0 Å². The molecule has 0 spiro atoms. The van der Waals surface area contributed by atoms with Gasteiger partial charge in [0.15, 0.2) is 0 Å². The van der Waals surface area contributed by atoms with Crippen LogP contribution in [0.2, 0.25) is 0 Å². The molecule has 1 aromatic carbocycles. The fourth-order valence-corrected chi connectivity index (χ4v) is 2.01. The van der Waals surface area contributed by atoms with E-state index in [1.807, 2.05) is 0 Å². The molecule has 22 heavy (non-hydrogen) atoms. The Morgan fingerprint density at radius 1 is 1.27 bits per heavy atom. The molecule has 0 radical (unpaired) electrons. The molecule has 7 heteroatoms. The number of carboxylic acid groups (broad SMARTS) is 1. The Hall–Kier alpha value is -2.12. The minimum Gasteiger partial charge on any atom is -0.496 e. The minimum atomic E-state index is -1.34. The molecule has 0 amide bonds. The maximum atomic E-state index is 11.3. The Kier molecular flexibility index (Phi) is 6.81. The van der Waals surface area contributed by atoms with Crippen LogP contribution in [0.3, 0.4) is 0 Å². The molecule has 0 bridgehead atoms. The van der Waals surface area contributed by atoms with E-state index in [0.29, 0.717) is 16.9 Å². The normalized spacial score (nSPS) is 13.3. The molecule has 0 fully saturated rings. The van der Waals surface area contributed by atoms with Crippen molar-refractivity contribution in [2.45, 2.75) is 32.0 Å². The highest BCUT2D eigenvalue weighted by Crippen LogP contribution is 2.26. The quantitative estimate of drug-likeness (QED) is 0.605. The molecular weight excluding hydrogens is 292 g/mol. The summed E-state index contributed by atoms with van der Waals surface area (Å²) in [6, 6.07) is 4.45. The molecule has 0 aromatic heterocycles. The van der Waals surface area contributed by atoms with Gasteiger partial charge in [0.1, 0.15) is 11.9 Å². The Labute approximate surface area is 128 Å². The molecule has 122 valence electrons. The SMILES string of the molecule is CCOC(=O)CC(O)C(O)c1ccc(OC)c(CC(=O)O)c1. The molecule has 1 rings (SSSR count). The average Bonchev–Trinajstić information content (AvgIpc) is 2.45. The fraction of sp³-hybridized carbons (Fsp3) is 0.467. The van der Waals surface area contributed by atoms with Crippen molar-refractivity contribution < 1.29 is 34.4 Å². The number of ether oxygens (including phenoxy) is 2. The first-order valence-corrected chi connectivity index (χ1v) is 6.79.